The van der Waals surface area contributed by atoms with Crippen LogP contribution in [0.1, 0.15) is 0 Å². The average Bonchev–Trinajstić information content (AvgIpc) is 2.42. The van der Waals surface area contributed by atoms with Crippen molar-refractivity contribution in [3.05, 3.63) is 0 Å². The van der Waals surface area contributed by atoms with Crippen LogP contribution in [0.3, 0.4) is 0 Å². The molecule has 0 aliphatic rings. The van der Waals surface area contributed by atoms with Crippen LogP contribution in [-0.2, 0) is 4.74 Å². The highest BCUT2D eigenvalue weighted by Gasteiger charge is 2.96. The molecule has 174 valence electrons. The highest BCUT2D eigenvalue weighted by Crippen LogP contribution is 2.63. The van der Waals surface area contributed by atoms with Crippen molar-refractivity contribution in [3.8, 4) is 0 Å². The largest absolute Gasteiger partial charge is 0.467 e. The van der Waals surface area contributed by atoms with Crippen molar-refractivity contribution < 1.29 is 84.2 Å². The maximum Gasteiger partial charge on any atom is 0.467 e. The van der Waals surface area contributed by atoms with Gasteiger partial charge in [0.2, 0.25) is 0 Å². The number of ether oxygens (including phenoxy) is 1. The molecule has 0 aliphatic heterocycles. The van der Waals surface area contributed by atoms with E-state index in [0.717, 1.165) is 0 Å². The van der Waals surface area contributed by atoms with Gasteiger partial charge in [-0.1, -0.05) is 0 Å². The van der Waals surface area contributed by atoms with Gasteiger partial charge in [-0.2, -0.15) is 74.6 Å². The maximum atomic E-state index is 13.4. The third-order valence-electron chi connectivity index (χ3n) is 2.94. The van der Waals surface area contributed by atoms with Crippen molar-refractivity contribution in [1.29, 1.82) is 0 Å². The highest BCUT2D eigenvalue weighted by atomic mass is 19.4. The molecule has 0 fully saturated rings. The summed E-state index contributed by atoms with van der Waals surface area (Å²) in [6.07, 6.45) is -18.9. The predicted octanol–water partition coefficient (Wildman–Crippen LogP) is 5.05. The standard InChI is InChI=1S/C9H2F17NO2/c10-2(11,4(14,15)6(18,19)8(21,22)23)3(12,13)5(16,17)7(20,9(24,25)26)29-1(27)28/h(H2,27,28). The summed E-state index contributed by atoms with van der Waals surface area (Å²) in [5.74, 6) is -50.4. The molecular weight excluding hydrogens is 477 g/mol. The molecule has 0 aromatic heterocycles. The SMILES string of the molecule is NC(=O)OC(F)(C(F)(F)F)C(F)(F)C(F)(F)C(F)(F)C(F)(F)C(F)(F)C(F)(F)F. The highest BCUT2D eigenvalue weighted by molar-refractivity contribution is 5.65. The maximum absolute atomic E-state index is 13.4. The fourth-order valence-corrected chi connectivity index (χ4v) is 1.41. The van der Waals surface area contributed by atoms with E-state index in [0.29, 0.717) is 0 Å². The molecule has 1 unspecified atom stereocenters. The Morgan fingerprint density at radius 3 is 1.00 bits per heavy atom. The van der Waals surface area contributed by atoms with Crippen molar-refractivity contribution in [1.82, 2.24) is 0 Å². The summed E-state index contributed by atoms with van der Waals surface area (Å²) in [5, 5.41) is 0. The first-order chi connectivity index (χ1) is 12.2. The van der Waals surface area contributed by atoms with Gasteiger partial charge in [0, 0.05) is 0 Å². The van der Waals surface area contributed by atoms with E-state index in [1.54, 1.807) is 0 Å². The van der Waals surface area contributed by atoms with Gasteiger partial charge in [-0.25, -0.2) is 4.79 Å². The van der Waals surface area contributed by atoms with Gasteiger partial charge in [0.1, 0.15) is 0 Å². The zero-order valence-electron chi connectivity index (χ0n) is 12.3. The number of hydrogen-bond acceptors (Lipinski definition) is 2. The number of carbonyl (C=O) groups is 1. The van der Waals surface area contributed by atoms with Gasteiger partial charge in [0.25, 0.3) is 0 Å². The summed E-state index contributed by atoms with van der Waals surface area (Å²) in [5.41, 5.74) is 3.65. The molecule has 0 radical (unpaired) electrons. The molecule has 0 rings (SSSR count). The van der Waals surface area contributed by atoms with Crippen LogP contribution in [0.5, 0.6) is 0 Å². The van der Waals surface area contributed by atoms with E-state index in [1.165, 1.54) is 0 Å². The van der Waals surface area contributed by atoms with Crippen molar-refractivity contribution in [2.24, 2.45) is 5.73 Å². The summed E-state index contributed by atoms with van der Waals surface area (Å²) in [6, 6.07) is 0. The van der Waals surface area contributed by atoms with Crippen molar-refractivity contribution in [2.75, 3.05) is 0 Å². The lowest BCUT2D eigenvalue weighted by Crippen LogP contribution is -2.75. The van der Waals surface area contributed by atoms with E-state index in [2.05, 4.69) is 5.73 Å². The number of hydrogen-bond donors (Lipinski definition) is 1. The minimum Gasteiger partial charge on any atom is -0.398 e. The van der Waals surface area contributed by atoms with E-state index in [9.17, 15) is 79.4 Å². The van der Waals surface area contributed by atoms with Crippen LogP contribution in [0.15, 0.2) is 0 Å². The first kappa shape index (κ1) is 27.1. The molecule has 29 heavy (non-hydrogen) atoms. The molecule has 0 aromatic rings. The molecule has 0 aliphatic carbocycles. The number of alkyl halides is 17. The first-order valence-electron chi connectivity index (χ1n) is 5.86. The van der Waals surface area contributed by atoms with Gasteiger partial charge < -0.3 is 10.5 Å². The van der Waals surface area contributed by atoms with E-state index in [1.807, 2.05) is 4.74 Å². The molecule has 1 atom stereocenters. The smallest absolute Gasteiger partial charge is 0.398 e. The predicted molar refractivity (Wildman–Crippen MR) is 51.4 cm³/mol. The lowest BCUT2D eigenvalue weighted by atomic mass is 9.90. The van der Waals surface area contributed by atoms with Crippen molar-refractivity contribution in [3.63, 3.8) is 0 Å². The van der Waals surface area contributed by atoms with E-state index < -0.39 is 53.9 Å². The van der Waals surface area contributed by atoms with Crippen molar-refractivity contribution in [2.45, 2.75) is 47.8 Å². The monoisotopic (exact) mass is 479 g/mol. The molecule has 0 bridgehead atoms. The second kappa shape index (κ2) is 6.54. The van der Waals surface area contributed by atoms with Gasteiger partial charge in [-0.3, -0.25) is 0 Å². The van der Waals surface area contributed by atoms with Crippen LogP contribution in [0, 0.1) is 0 Å². The quantitative estimate of drug-likeness (QED) is 0.543. The van der Waals surface area contributed by atoms with Crippen LogP contribution in [0.2, 0.25) is 0 Å². The van der Waals surface area contributed by atoms with Crippen LogP contribution >= 0.6 is 0 Å². The van der Waals surface area contributed by atoms with Crippen LogP contribution in [-0.4, -0.2) is 53.9 Å². The molecule has 20 heteroatoms. The van der Waals surface area contributed by atoms with Crippen LogP contribution in [0.25, 0.3) is 0 Å². The molecule has 3 nitrogen and oxygen atoms in total. The summed E-state index contributed by atoms with van der Waals surface area (Å²) < 4.78 is 218. The number of amides is 1. The first-order valence-corrected chi connectivity index (χ1v) is 5.86. The Kier molecular flexibility index (Phi) is 6.11. The zero-order chi connectivity index (χ0) is 24.3. The zero-order valence-corrected chi connectivity index (χ0v) is 12.3. The molecule has 0 aromatic carbocycles. The number of halogens is 17. The Hall–Kier alpha value is -1.92. The minimum absolute atomic E-state index is 1.94. The molecular formula is C9H2F17NO2. The molecule has 1 amide bonds. The minimum atomic E-state index is -8.73. The normalized spacial score (nSPS) is 17.7. The van der Waals surface area contributed by atoms with Crippen molar-refractivity contribution >= 4 is 6.09 Å². The Balaban J connectivity index is 6.89. The summed E-state index contributed by atoms with van der Waals surface area (Å²) in [7, 11) is 0. The Bertz CT molecular complexity index is 634. The fourth-order valence-electron chi connectivity index (χ4n) is 1.41. The molecule has 0 saturated heterocycles. The number of primary amides is 1. The topological polar surface area (TPSA) is 52.3 Å². The molecule has 0 spiro atoms. The fraction of sp³-hybridized carbons (Fsp3) is 0.889. The van der Waals surface area contributed by atoms with Crippen LogP contribution in [0.4, 0.5) is 79.4 Å². The summed E-state index contributed by atoms with van der Waals surface area (Å²) in [6.45, 7) is 0. The molecule has 0 saturated carbocycles. The van der Waals surface area contributed by atoms with E-state index in [4.69, 9.17) is 0 Å². The lowest BCUT2D eigenvalue weighted by molar-refractivity contribution is -0.476. The van der Waals surface area contributed by atoms with E-state index in [-0.39, 0.29) is 0 Å². The summed E-state index contributed by atoms with van der Waals surface area (Å²) in [4.78, 5) is 10.0. The second-order valence-electron chi connectivity index (χ2n) is 4.88. The third kappa shape index (κ3) is 3.46. The van der Waals surface area contributed by atoms with Gasteiger partial charge in [-0.05, 0) is 0 Å². The van der Waals surface area contributed by atoms with Crippen LogP contribution < -0.4 is 5.73 Å². The number of nitrogens with two attached hydrogens (primary N) is 1. The molecule has 0 heterocycles. The Morgan fingerprint density at radius 2 is 0.759 bits per heavy atom. The number of carbonyl (C=O) groups excluding carboxylic acids is 1. The van der Waals surface area contributed by atoms with Gasteiger partial charge in [-0.15, -0.1) is 0 Å². The van der Waals surface area contributed by atoms with Gasteiger partial charge in [0.15, 0.2) is 0 Å². The third-order valence-corrected chi connectivity index (χ3v) is 2.94. The number of rotatable bonds is 6. The van der Waals surface area contributed by atoms with Gasteiger partial charge in [0.05, 0.1) is 0 Å². The second-order valence-corrected chi connectivity index (χ2v) is 4.88. The molecule has 2 N–H and O–H groups in total. The van der Waals surface area contributed by atoms with E-state index >= 15 is 0 Å². The summed E-state index contributed by atoms with van der Waals surface area (Å²) >= 11 is 0. The average molecular weight is 479 g/mol. The lowest BCUT2D eigenvalue weighted by Gasteiger charge is -2.43. The Morgan fingerprint density at radius 1 is 0.483 bits per heavy atom. The van der Waals surface area contributed by atoms with Gasteiger partial charge >= 0.3 is 53.9 Å². The Labute approximate surface area is 145 Å².